The summed E-state index contributed by atoms with van der Waals surface area (Å²) in [7, 11) is -0.708. The fraction of sp³-hybridized carbons (Fsp3) is 0.571. The van der Waals surface area contributed by atoms with Crippen molar-refractivity contribution in [2.24, 2.45) is 5.92 Å². The number of methoxy groups -OCH3 is 1. The molecule has 1 aromatic heterocycles. The molecule has 0 atom stereocenters. The summed E-state index contributed by atoms with van der Waals surface area (Å²) in [5, 5.41) is -0.225. The van der Waals surface area contributed by atoms with Crippen LogP contribution in [0, 0.1) is 11.7 Å². The molecule has 0 saturated heterocycles. The molecule has 3 rings (SSSR count). The molecule has 0 spiro atoms. The molecule has 1 amide bonds. The number of esters is 1. The zero-order valence-electron chi connectivity index (χ0n) is 23.5. The Balaban J connectivity index is 1.84. The topological polar surface area (TPSA) is 81.6 Å². The smallest absolute Gasteiger partial charge is 0.305 e. The molecule has 1 fully saturated rings. The van der Waals surface area contributed by atoms with Gasteiger partial charge in [0.25, 0.3) is 5.91 Å². The van der Waals surface area contributed by atoms with Crippen LogP contribution in [0.3, 0.4) is 0 Å². The predicted molar refractivity (Wildman–Crippen MR) is 155 cm³/mol. The van der Waals surface area contributed by atoms with Crippen molar-refractivity contribution in [3.05, 3.63) is 51.8 Å². The Kier molecular flexibility index (Phi) is 10.5. The minimum Gasteiger partial charge on any atom is -0.469 e. The quantitative estimate of drug-likeness (QED) is 0.170. The third-order valence-corrected chi connectivity index (χ3v) is 13.2. The molecule has 2 aromatic rings. The van der Waals surface area contributed by atoms with E-state index in [4.69, 9.17) is 32.4 Å². The van der Waals surface area contributed by atoms with Crippen LogP contribution in [0.2, 0.25) is 28.4 Å². The van der Waals surface area contributed by atoms with E-state index in [-0.39, 0.29) is 57.6 Å². The Morgan fingerprint density at radius 3 is 2.26 bits per heavy atom. The molecule has 0 unspecified atom stereocenters. The number of carbonyl (C=O) groups excluding carboxylic acids is 2. The lowest BCUT2D eigenvalue weighted by Gasteiger charge is -2.37. The SMILES string of the molecule is COC(=O)CC1CCC(c2ccc(N(CCO[Si](C)(C)C(C)(C)C)C(=O)c3c(Cl)ncnc3Cl)c(F)c2)CC1. The first-order valence-corrected chi connectivity index (χ1v) is 16.9. The number of aromatic nitrogens is 2. The molecule has 0 N–H and O–H groups in total. The van der Waals surface area contributed by atoms with Crippen LogP contribution in [0.25, 0.3) is 0 Å². The van der Waals surface area contributed by atoms with Crippen LogP contribution in [-0.2, 0) is 14.0 Å². The second kappa shape index (κ2) is 13.1. The van der Waals surface area contributed by atoms with Gasteiger partial charge in [-0.3, -0.25) is 9.59 Å². The van der Waals surface area contributed by atoms with Crippen molar-refractivity contribution in [3.63, 3.8) is 0 Å². The van der Waals surface area contributed by atoms with Crippen LogP contribution in [-0.4, -0.2) is 50.4 Å². The van der Waals surface area contributed by atoms with Gasteiger partial charge in [0.2, 0.25) is 0 Å². The van der Waals surface area contributed by atoms with Crippen molar-refractivity contribution >= 4 is 49.1 Å². The molecule has 1 saturated carbocycles. The van der Waals surface area contributed by atoms with Crippen molar-refractivity contribution in [2.45, 2.75) is 76.9 Å². The average molecular weight is 599 g/mol. The standard InChI is InChI=1S/C28H38Cl2FN3O4Si/c1-28(2,3)39(5,6)38-14-13-34(27(36)24-25(29)32-17-33-26(24)30)22-12-11-20(16-21(22)31)19-9-7-18(8-10-19)15-23(35)37-4/h11-12,16-19H,7-10,13-15H2,1-6H3. The van der Waals surface area contributed by atoms with Crippen molar-refractivity contribution in [1.82, 2.24) is 9.97 Å². The molecule has 0 bridgehead atoms. The van der Waals surface area contributed by atoms with Gasteiger partial charge in [-0.25, -0.2) is 14.4 Å². The minimum atomic E-state index is -2.11. The summed E-state index contributed by atoms with van der Waals surface area (Å²) in [4.78, 5) is 34.4. The van der Waals surface area contributed by atoms with Gasteiger partial charge in [-0.1, -0.05) is 50.0 Å². The lowest BCUT2D eigenvalue weighted by molar-refractivity contribution is -0.142. The number of rotatable bonds is 9. The summed E-state index contributed by atoms with van der Waals surface area (Å²) in [6.45, 7) is 10.9. The maximum Gasteiger partial charge on any atom is 0.305 e. The van der Waals surface area contributed by atoms with E-state index < -0.39 is 20.0 Å². The van der Waals surface area contributed by atoms with E-state index >= 15 is 4.39 Å². The fourth-order valence-electron chi connectivity index (χ4n) is 4.61. The number of anilines is 1. The minimum absolute atomic E-state index is 0.0233. The molecular weight excluding hydrogens is 560 g/mol. The van der Waals surface area contributed by atoms with Crippen LogP contribution in [0.1, 0.15) is 74.7 Å². The first-order chi connectivity index (χ1) is 18.2. The zero-order valence-corrected chi connectivity index (χ0v) is 26.0. The number of benzene rings is 1. The maximum absolute atomic E-state index is 15.7. The average Bonchev–Trinajstić information content (AvgIpc) is 2.86. The summed E-state index contributed by atoms with van der Waals surface area (Å²) in [5.41, 5.74) is 0.898. The maximum atomic E-state index is 15.7. The summed E-state index contributed by atoms with van der Waals surface area (Å²) in [5.74, 6) is -0.845. The molecule has 39 heavy (non-hydrogen) atoms. The van der Waals surface area contributed by atoms with E-state index in [2.05, 4.69) is 43.8 Å². The zero-order chi connectivity index (χ0) is 29.0. The number of ether oxygens (including phenoxy) is 1. The summed E-state index contributed by atoms with van der Waals surface area (Å²) >= 11 is 12.4. The molecule has 1 aromatic carbocycles. The van der Waals surface area contributed by atoms with Crippen LogP contribution < -0.4 is 4.90 Å². The number of hydrogen-bond acceptors (Lipinski definition) is 6. The normalized spacial score (nSPS) is 18.1. The molecule has 1 aliphatic rings. The van der Waals surface area contributed by atoms with E-state index in [9.17, 15) is 9.59 Å². The van der Waals surface area contributed by atoms with Crippen molar-refractivity contribution in [1.29, 1.82) is 0 Å². The highest BCUT2D eigenvalue weighted by atomic mass is 35.5. The Bertz CT molecular complexity index is 1160. The van der Waals surface area contributed by atoms with E-state index in [1.165, 1.54) is 24.4 Å². The van der Waals surface area contributed by atoms with Gasteiger partial charge in [0.05, 0.1) is 19.4 Å². The summed E-state index contributed by atoms with van der Waals surface area (Å²) in [6, 6.07) is 4.99. The Morgan fingerprint density at radius 1 is 1.10 bits per heavy atom. The molecule has 1 aliphatic carbocycles. The van der Waals surface area contributed by atoms with Gasteiger partial charge >= 0.3 is 5.97 Å². The highest BCUT2D eigenvalue weighted by Crippen LogP contribution is 2.39. The van der Waals surface area contributed by atoms with Gasteiger partial charge in [-0.2, -0.15) is 0 Å². The third-order valence-electron chi connectivity index (χ3n) is 8.06. The monoisotopic (exact) mass is 597 g/mol. The number of nitrogens with zero attached hydrogens (tertiary/aromatic N) is 3. The van der Waals surface area contributed by atoms with Crippen LogP contribution in [0.4, 0.5) is 10.1 Å². The first-order valence-electron chi connectivity index (χ1n) is 13.2. The molecule has 11 heteroatoms. The van der Waals surface area contributed by atoms with Crippen molar-refractivity contribution in [3.8, 4) is 0 Å². The lowest BCUT2D eigenvalue weighted by Crippen LogP contribution is -2.44. The number of carbonyl (C=O) groups is 2. The summed E-state index contributed by atoms with van der Waals surface area (Å²) in [6.07, 6.45) is 5.06. The Hall–Kier alpha value is -2.07. The van der Waals surface area contributed by atoms with E-state index in [1.54, 1.807) is 6.07 Å². The number of amides is 1. The van der Waals surface area contributed by atoms with Crippen LogP contribution >= 0.6 is 23.2 Å². The second-order valence-corrected chi connectivity index (χ2v) is 17.1. The summed E-state index contributed by atoms with van der Waals surface area (Å²) < 4.78 is 26.8. The van der Waals surface area contributed by atoms with Gasteiger partial charge in [0.1, 0.15) is 28.0 Å². The third kappa shape index (κ3) is 7.78. The fourth-order valence-corrected chi connectivity index (χ4v) is 6.12. The Labute approximate surface area is 241 Å². The van der Waals surface area contributed by atoms with Crippen molar-refractivity contribution < 1.29 is 23.1 Å². The largest absolute Gasteiger partial charge is 0.469 e. The molecular formula is C28H38Cl2FN3O4Si. The molecule has 7 nitrogen and oxygen atoms in total. The van der Waals surface area contributed by atoms with E-state index in [0.29, 0.717) is 6.42 Å². The van der Waals surface area contributed by atoms with Gasteiger partial charge in [0.15, 0.2) is 8.32 Å². The highest BCUT2D eigenvalue weighted by molar-refractivity contribution is 6.74. The number of hydrogen-bond donors (Lipinski definition) is 0. The molecule has 0 aliphatic heterocycles. The van der Waals surface area contributed by atoms with E-state index in [0.717, 1.165) is 31.2 Å². The van der Waals surface area contributed by atoms with Gasteiger partial charge < -0.3 is 14.1 Å². The van der Waals surface area contributed by atoms with Gasteiger partial charge in [0, 0.05) is 13.0 Å². The lowest BCUT2D eigenvalue weighted by atomic mass is 9.77. The Morgan fingerprint density at radius 2 is 1.72 bits per heavy atom. The van der Waals surface area contributed by atoms with Gasteiger partial charge in [-0.05, 0) is 73.3 Å². The first kappa shape index (κ1) is 31.5. The predicted octanol–water partition coefficient (Wildman–Crippen LogP) is 7.43. The molecule has 0 radical (unpaired) electrons. The van der Waals surface area contributed by atoms with Gasteiger partial charge in [-0.15, -0.1) is 0 Å². The van der Waals surface area contributed by atoms with Crippen LogP contribution in [0.15, 0.2) is 24.5 Å². The van der Waals surface area contributed by atoms with E-state index in [1.807, 2.05) is 6.07 Å². The highest BCUT2D eigenvalue weighted by Gasteiger charge is 2.37. The second-order valence-electron chi connectivity index (χ2n) is 11.6. The van der Waals surface area contributed by atoms with Crippen molar-refractivity contribution in [2.75, 3.05) is 25.2 Å². The molecule has 1 heterocycles. The number of halogens is 3. The molecule has 214 valence electrons. The van der Waals surface area contributed by atoms with Crippen LogP contribution in [0.5, 0.6) is 0 Å².